The maximum atomic E-state index is 11.3. The summed E-state index contributed by atoms with van der Waals surface area (Å²) in [5, 5.41) is 15.6. The minimum atomic E-state index is -0.165. The van der Waals surface area contributed by atoms with Crippen molar-refractivity contribution in [3.63, 3.8) is 0 Å². The van der Waals surface area contributed by atoms with Gasteiger partial charge in [-0.25, -0.2) is 0 Å². The number of anilines is 1. The van der Waals surface area contributed by atoms with Crippen LogP contribution in [0.3, 0.4) is 0 Å². The van der Waals surface area contributed by atoms with Crippen molar-refractivity contribution in [2.75, 3.05) is 11.9 Å². The Morgan fingerprint density at radius 2 is 2.67 bits per heavy atom. The van der Waals surface area contributed by atoms with Crippen molar-refractivity contribution in [2.24, 2.45) is 0 Å². The maximum Gasteiger partial charge on any atom is 0.250 e. The van der Waals surface area contributed by atoms with Crippen molar-refractivity contribution in [1.29, 1.82) is 0 Å². The molecule has 0 aliphatic carbocycles. The number of carbonyl (C=O) groups excluding carboxylic acids is 1. The lowest BCUT2D eigenvalue weighted by Crippen LogP contribution is -2.36. The number of fused-ring (bicyclic) bond motifs is 1. The zero-order valence-electron chi connectivity index (χ0n) is 6.40. The Morgan fingerprint density at radius 3 is 3.42 bits per heavy atom. The van der Waals surface area contributed by atoms with Gasteiger partial charge in [0.05, 0.1) is 25.3 Å². The Balaban J connectivity index is 2.32. The summed E-state index contributed by atoms with van der Waals surface area (Å²) < 4.78 is 1.31. The zero-order chi connectivity index (χ0) is 8.55. The Kier molecular flexibility index (Phi) is 1.58. The standard InChI is InChI=1S/C7H9N3O2/c11-4-5-3-7(12)10-6(9-5)1-2-8-10/h1-2,5,9,11H,3-4H2/t5-/m1/s1. The number of aliphatic hydroxyl groups excluding tert-OH is 1. The van der Waals surface area contributed by atoms with E-state index in [9.17, 15) is 4.79 Å². The number of nitrogens with one attached hydrogen (secondary N) is 1. The molecule has 64 valence electrons. The van der Waals surface area contributed by atoms with E-state index in [0.29, 0.717) is 12.2 Å². The fraction of sp³-hybridized carbons (Fsp3) is 0.429. The Labute approximate surface area is 69.0 Å². The summed E-state index contributed by atoms with van der Waals surface area (Å²) in [6, 6.07) is 1.54. The van der Waals surface area contributed by atoms with Gasteiger partial charge in [0.2, 0.25) is 0 Å². The van der Waals surface area contributed by atoms with Crippen molar-refractivity contribution in [1.82, 2.24) is 9.78 Å². The highest BCUT2D eigenvalue weighted by atomic mass is 16.3. The first-order valence-electron chi connectivity index (χ1n) is 3.76. The molecule has 2 N–H and O–H groups in total. The molecule has 2 rings (SSSR count). The number of rotatable bonds is 1. The average molecular weight is 167 g/mol. The highest BCUT2D eigenvalue weighted by Crippen LogP contribution is 2.15. The molecule has 0 radical (unpaired) electrons. The van der Waals surface area contributed by atoms with Gasteiger partial charge in [-0.2, -0.15) is 9.78 Å². The summed E-state index contributed by atoms with van der Waals surface area (Å²) in [7, 11) is 0. The predicted octanol–water partition coefficient (Wildman–Crippen LogP) is -0.300. The first kappa shape index (κ1) is 7.30. The lowest BCUT2D eigenvalue weighted by Gasteiger charge is -2.22. The SMILES string of the molecule is O=C1C[C@H](CO)Nc2ccnn21. The van der Waals surface area contributed by atoms with Crippen molar-refractivity contribution in [3.8, 4) is 0 Å². The molecule has 12 heavy (non-hydrogen) atoms. The molecule has 0 saturated carbocycles. The molecule has 1 aromatic heterocycles. The van der Waals surface area contributed by atoms with E-state index in [1.807, 2.05) is 0 Å². The molecule has 5 nitrogen and oxygen atoms in total. The molecule has 0 unspecified atom stereocenters. The minimum Gasteiger partial charge on any atom is -0.394 e. The molecule has 0 fully saturated rings. The molecule has 0 spiro atoms. The first-order valence-corrected chi connectivity index (χ1v) is 3.76. The number of aliphatic hydroxyl groups is 1. The van der Waals surface area contributed by atoms with Crippen LogP contribution in [0.15, 0.2) is 12.3 Å². The highest BCUT2D eigenvalue weighted by Gasteiger charge is 2.23. The van der Waals surface area contributed by atoms with E-state index >= 15 is 0 Å². The van der Waals surface area contributed by atoms with Crippen LogP contribution in [-0.4, -0.2) is 33.4 Å². The van der Waals surface area contributed by atoms with Crippen molar-refractivity contribution in [2.45, 2.75) is 12.5 Å². The van der Waals surface area contributed by atoms with Gasteiger partial charge >= 0.3 is 0 Å². The van der Waals surface area contributed by atoms with Gasteiger partial charge in [0.1, 0.15) is 5.82 Å². The monoisotopic (exact) mass is 167 g/mol. The summed E-state index contributed by atoms with van der Waals surface area (Å²) in [6.45, 7) is -0.0308. The van der Waals surface area contributed by atoms with Crippen LogP contribution >= 0.6 is 0 Å². The van der Waals surface area contributed by atoms with Gasteiger partial charge in [0, 0.05) is 6.07 Å². The van der Waals surface area contributed by atoms with Gasteiger partial charge in [0.25, 0.3) is 5.91 Å². The molecular formula is C7H9N3O2. The van der Waals surface area contributed by atoms with Gasteiger partial charge < -0.3 is 10.4 Å². The third-order valence-corrected chi connectivity index (χ3v) is 1.87. The quantitative estimate of drug-likeness (QED) is 0.602. The highest BCUT2D eigenvalue weighted by molar-refractivity contribution is 5.84. The molecular weight excluding hydrogens is 158 g/mol. The van der Waals surface area contributed by atoms with Crippen LogP contribution in [0.1, 0.15) is 11.2 Å². The summed E-state index contributed by atoms with van der Waals surface area (Å²) in [4.78, 5) is 11.3. The van der Waals surface area contributed by atoms with E-state index in [4.69, 9.17) is 5.11 Å². The third-order valence-electron chi connectivity index (χ3n) is 1.87. The number of hydrogen-bond donors (Lipinski definition) is 2. The normalized spacial score (nSPS) is 21.8. The van der Waals surface area contributed by atoms with E-state index in [0.717, 1.165) is 0 Å². The van der Waals surface area contributed by atoms with Crippen LogP contribution in [0.5, 0.6) is 0 Å². The van der Waals surface area contributed by atoms with Crippen molar-refractivity contribution < 1.29 is 9.90 Å². The molecule has 1 aliphatic rings. The predicted molar refractivity (Wildman–Crippen MR) is 42.0 cm³/mol. The fourth-order valence-electron chi connectivity index (χ4n) is 1.28. The van der Waals surface area contributed by atoms with E-state index in [2.05, 4.69) is 10.4 Å². The molecule has 1 aliphatic heterocycles. The number of hydrogen-bond acceptors (Lipinski definition) is 4. The van der Waals surface area contributed by atoms with Gasteiger partial charge in [-0.1, -0.05) is 0 Å². The van der Waals surface area contributed by atoms with Gasteiger partial charge in [0.15, 0.2) is 0 Å². The molecule has 0 saturated heterocycles. The number of nitrogens with zero attached hydrogens (tertiary/aromatic N) is 2. The van der Waals surface area contributed by atoms with Crippen LogP contribution in [-0.2, 0) is 0 Å². The molecule has 0 amide bonds. The Bertz CT molecular complexity index is 307. The van der Waals surface area contributed by atoms with E-state index in [1.165, 1.54) is 4.68 Å². The van der Waals surface area contributed by atoms with Crippen LogP contribution in [0, 0.1) is 0 Å². The lowest BCUT2D eigenvalue weighted by atomic mass is 10.2. The summed E-state index contributed by atoms with van der Waals surface area (Å²) >= 11 is 0. The Hall–Kier alpha value is -1.36. The van der Waals surface area contributed by atoms with Crippen LogP contribution in [0.25, 0.3) is 0 Å². The van der Waals surface area contributed by atoms with Crippen LogP contribution in [0.4, 0.5) is 5.82 Å². The number of carbonyl (C=O) groups is 1. The molecule has 5 heteroatoms. The van der Waals surface area contributed by atoms with Gasteiger partial charge in [-0.15, -0.1) is 0 Å². The van der Waals surface area contributed by atoms with Crippen LogP contribution < -0.4 is 5.32 Å². The summed E-state index contributed by atoms with van der Waals surface area (Å²) in [5.74, 6) is 0.582. The van der Waals surface area contributed by atoms with E-state index in [1.54, 1.807) is 12.3 Å². The van der Waals surface area contributed by atoms with E-state index in [-0.39, 0.29) is 18.6 Å². The molecule has 2 heterocycles. The second-order valence-corrected chi connectivity index (χ2v) is 2.75. The van der Waals surface area contributed by atoms with Crippen LogP contribution in [0.2, 0.25) is 0 Å². The summed E-state index contributed by atoms with van der Waals surface area (Å²) in [6.07, 6.45) is 1.85. The second kappa shape index (κ2) is 2.60. The smallest absolute Gasteiger partial charge is 0.250 e. The lowest BCUT2D eigenvalue weighted by molar-refractivity contribution is 0.0858. The van der Waals surface area contributed by atoms with Crippen molar-refractivity contribution >= 4 is 11.7 Å². The van der Waals surface area contributed by atoms with E-state index < -0.39 is 0 Å². The average Bonchev–Trinajstić information content (AvgIpc) is 2.52. The van der Waals surface area contributed by atoms with Gasteiger partial charge in [-0.05, 0) is 0 Å². The molecule has 0 bridgehead atoms. The Morgan fingerprint density at radius 1 is 1.83 bits per heavy atom. The minimum absolute atomic E-state index is 0.0308. The van der Waals surface area contributed by atoms with Gasteiger partial charge in [-0.3, -0.25) is 4.79 Å². The first-order chi connectivity index (χ1) is 5.81. The molecule has 1 atom stereocenters. The zero-order valence-corrected chi connectivity index (χ0v) is 6.40. The number of aromatic nitrogens is 2. The second-order valence-electron chi connectivity index (χ2n) is 2.75. The molecule has 0 aromatic carbocycles. The largest absolute Gasteiger partial charge is 0.394 e. The van der Waals surface area contributed by atoms with Crippen molar-refractivity contribution in [3.05, 3.63) is 12.3 Å². The third kappa shape index (κ3) is 0.984. The topological polar surface area (TPSA) is 67.2 Å². The maximum absolute atomic E-state index is 11.3. The summed E-state index contributed by atoms with van der Waals surface area (Å²) in [5.41, 5.74) is 0. The molecule has 1 aromatic rings. The fourth-order valence-corrected chi connectivity index (χ4v) is 1.28.